The van der Waals surface area contributed by atoms with Gasteiger partial charge in [-0.05, 0) is 62.4 Å². The van der Waals surface area contributed by atoms with Gasteiger partial charge in [-0.15, -0.1) is 0 Å². The monoisotopic (exact) mass is 414 g/mol. The molecule has 3 fully saturated rings. The summed E-state index contributed by atoms with van der Waals surface area (Å²) in [7, 11) is 2.19. The molecule has 5 rings (SSSR count). The molecular formula is C23H31ClN4O. The number of aryl methyl sites for hydroxylation is 1. The minimum atomic E-state index is -0.203. The van der Waals surface area contributed by atoms with Gasteiger partial charge in [-0.1, -0.05) is 11.6 Å². The number of rotatable bonds is 2. The standard InChI is InChI=1S/C23H31ClN4O/c1-15-9-18(24)12-19-20(3-4-25-23(15)19)28-13-16-10-21(22(29)11-17(16)14-28)27-7-5-26(2)6-8-27/h3-4,9,12,16-17,21-22,29H,5-8,10-11,13-14H2,1-2H3/t16-,17+,21-,22-/m1/s1. The molecule has 3 aliphatic rings. The van der Waals surface area contributed by atoms with Crippen molar-refractivity contribution in [1.29, 1.82) is 0 Å². The summed E-state index contributed by atoms with van der Waals surface area (Å²) in [4.78, 5) is 12.0. The SMILES string of the molecule is Cc1cc(Cl)cc2c(N3C[C@H]4C[C@@H](N5CCN(C)CC5)[C@H](O)C[C@H]4C3)ccnc12. The minimum absolute atomic E-state index is 0.203. The Balaban J connectivity index is 1.37. The summed E-state index contributed by atoms with van der Waals surface area (Å²) in [6.45, 7) is 8.51. The number of hydrogen-bond acceptors (Lipinski definition) is 5. The normalized spacial score (nSPS) is 31.4. The second-order valence-corrected chi connectivity index (χ2v) is 9.76. The summed E-state index contributed by atoms with van der Waals surface area (Å²) in [6, 6.07) is 6.48. The fraction of sp³-hybridized carbons (Fsp3) is 0.609. The van der Waals surface area contributed by atoms with Crippen LogP contribution in [-0.4, -0.2) is 78.4 Å². The Morgan fingerprint density at radius 3 is 2.55 bits per heavy atom. The van der Waals surface area contributed by atoms with Crippen molar-refractivity contribution in [2.75, 3.05) is 51.2 Å². The van der Waals surface area contributed by atoms with E-state index in [0.717, 1.165) is 73.6 Å². The number of aliphatic hydroxyl groups is 1. The molecule has 0 amide bonds. The van der Waals surface area contributed by atoms with Crippen molar-refractivity contribution in [2.24, 2.45) is 11.8 Å². The molecule has 1 N–H and O–H groups in total. The second-order valence-electron chi connectivity index (χ2n) is 9.32. The number of benzene rings is 1. The smallest absolute Gasteiger partial charge is 0.0752 e. The predicted molar refractivity (Wildman–Crippen MR) is 119 cm³/mol. The van der Waals surface area contributed by atoms with Gasteiger partial charge in [0.2, 0.25) is 0 Å². The first-order chi connectivity index (χ1) is 14.0. The van der Waals surface area contributed by atoms with Gasteiger partial charge in [-0.25, -0.2) is 0 Å². The molecule has 2 saturated heterocycles. The van der Waals surface area contributed by atoms with Crippen LogP contribution >= 0.6 is 11.6 Å². The zero-order valence-electron chi connectivity index (χ0n) is 17.4. The second kappa shape index (κ2) is 7.69. The molecule has 1 aromatic carbocycles. The fourth-order valence-corrected chi connectivity index (χ4v) is 6.07. The Kier molecular flexibility index (Phi) is 5.19. The Morgan fingerprint density at radius 1 is 1.07 bits per heavy atom. The van der Waals surface area contributed by atoms with E-state index >= 15 is 0 Å². The van der Waals surface area contributed by atoms with E-state index < -0.39 is 0 Å². The number of halogens is 1. The highest BCUT2D eigenvalue weighted by molar-refractivity contribution is 6.31. The summed E-state index contributed by atoms with van der Waals surface area (Å²) in [5.74, 6) is 1.21. The minimum Gasteiger partial charge on any atom is -0.391 e. The number of fused-ring (bicyclic) bond motifs is 2. The summed E-state index contributed by atoms with van der Waals surface area (Å²) in [6.07, 6.45) is 3.74. The van der Waals surface area contributed by atoms with E-state index in [1.165, 1.54) is 5.69 Å². The Hall–Kier alpha value is -1.40. The zero-order valence-corrected chi connectivity index (χ0v) is 18.1. The quantitative estimate of drug-likeness (QED) is 0.818. The Morgan fingerprint density at radius 2 is 1.79 bits per heavy atom. The van der Waals surface area contributed by atoms with Gasteiger partial charge in [0, 0.05) is 67.6 Å². The van der Waals surface area contributed by atoms with E-state index in [9.17, 15) is 5.11 Å². The molecule has 1 aliphatic carbocycles. The molecule has 1 aromatic heterocycles. The number of anilines is 1. The molecule has 5 nitrogen and oxygen atoms in total. The van der Waals surface area contributed by atoms with Crippen LogP contribution in [-0.2, 0) is 0 Å². The topological polar surface area (TPSA) is 42.8 Å². The van der Waals surface area contributed by atoms with Gasteiger partial charge in [0.25, 0.3) is 0 Å². The molecule has 0 unspecified atom stereocenters. The Bertz CT molecular complexity index is 898. The van der Waals surface area contributed by atoms with Crippen LogP contribution < -0.4 is 4.90 Å². The first-order valence-electron chi connectivity index (χ1n) is 10.9. The Labute approximate surface area is 178 Å². The first-order valence-corrected chi connectivity index (χ1v) is 11.3. The summed E-state index contributed by atoms with van der Waals surface area (Å²) in [5.41, 5.74) is 3.40. The summed E-state index contributed by atoms with van der Waals surface area (Å²) >= 11 is 6.37. The number of aromatic nitrogens is 1. The van der Waals surface area contributed by atoms with Gasteiger partial charge in [-0.3, -0.25) is 9.88 Å². The molecule has 1 saturated carbocycles. The summed E-state index contributed by atoms with van der Waals surface area (Å²) < 4.78 is 0. The average molecular weight is 415 g/mol. The molecule has 2 aliphatic heterocycles. The number of likely N-dealkylation sites (N-methyl/N-ethyl adjacent to an activating group) is 1. The van der Waals surface area contributed by atoms with Crippen molar-refractivity contribution in [3.63, 3.8) is 0 Å². The number of aliphatic hydroxyl groups excluding tert-OH is 1. The molecule has 0 bridgehead atoms. The van der Waals surface area contributed by atoms with Crippen molar-refractivity contribution in [3.8, 4) is 0 Å². The lowest BCUT2D eigenvalue weighted by atomic mass is 9.77. The maximum atomic E-state index is 10.9. The lowest BCUT2D eigenvalue weighted by Crippen LogP contribution is -2.55. The van der Waals surface area contributed by atoms with Crippen molar-refractivity contribution >= 4 is 28.2 Å². The van der Waals surface area contributed by atoms with Crippen LogP contribution in [0.15, 0.2) is 24.4 Å². The third-order valence-electron chi connectivity index (χ3n) is 7.43. The number of pyridine rings is 1. The van der Waals surface area contributed by atoms with Crippen LogP contribution in [0.3, 0.4) is 0 Å². The van der Waals surface area contributed by atoms with Gasteiger partial charge in [0.05, 0.1) is 11.6 Å². The highest BCUT2D eigenvalue weighted by Crippen LogP contribution is 2.42. The number of hydrogen-bond donors (Lipinski definition) is 1. The fourth-order valence-electron chi connectivity index (χ4n) is 5.80. The molecule has 0 radical (unpaired) electrons. The van der Waals surface area contributed by atoms with Crippen molar-refractivity contribution in [1.82, 2.24) is 14.8 Å². The van der Waals surface area contributed by atoms with Crippen LogP contribution in [0.5, 0.6) is 0 Å². The highest BCUT2D eigenvalue weighted by atomic mass is 35.5. The zero-order chi connectivity index (χ0) is 20.1. The summed E-state index contributed by atoms with van der Waals surface area (Å²) in [5, 5.41) is 12.8. The van der Waals surface area contributed by atoms with E-state index in [-0.39, 0.29) is 6.10 Å². The van der Waals surface area contributed by atoms with Crippen LogP contribution in [0.4, 0.5) is 5.69 Å². The van der Waals surface area contributed by atoms with Crippen LogP contribution in [0.1, 0.15) is 18.4 Å². The van der Waals surface area contributed by atoms with Gasteiger partial charge in [0.15, 0.2) is 0 Å². The van der Waals surface area contributed by atoms with E-state index in [4.69, 9.17) is 11.6 Å². The van der Waals surface area contributed by atoms with Crippen LogP contribution in [0.2, 0.25) is 5.02 Å². The third kappa shape index (κ3) is 3.63. The van der Waals surface area contributed by atoms with E-state index in [0.29, 0.717) is 17.9 Å². The van der Waals surface area contributed by atoms with Crippen LogP contribution in [0.25, 0.3) is 10.9 Å². The van der Waals surface area contributed by atoms with Crippen LogP contribution in [0, 0.1) is 18.8 Å². The van der Waals surface area contributed by atoms with E-state index in [1.54, 1.807) is 0 Å². The lowest BCUT2D eigenvalue weighted by molar-refractivity contribution is -0.0249. The molecule has 29 heavy (non-hydrogen) atoms. The third-order valence-corrected chi connectivity index (χ3v) is 7.65. The predicted octanol–water partition coefficient (Wildman–Crippen LogP) is 3.02. The molecule has 6 heteroatoms. The number of nitrogens with zero attached hydrogens (tertiary/aromatic N) is 4. The van der Waals surface area contributed by atoms with Gasteiger partial charge >= 0.3 is 0 Å². The molecule has 156 valence electrons. The van der Waals surface area contributed by atoms with Gasteiger partial charge in [0.1, 0.15) is 0 Å². The highest BCUT2D eigenvalue weighted by Gasteiger charge is 2.44. The average Bonchev–Trinajstić information content (AvgIpc) is 3.10. The molecule has 3 heterocycles. The van der Waals surface area contributed by atoms with Gasteiger partial charge < -0.3 is 14.9 Å². The molecule has 0 spiro atoms. The maximum absolute atomic E-state index is 10.9. The van der Waals surface area contributed by atoms with Crippen molar-refractivity contribution in [2.45, 2.75) is 31.9 Å². The number of piperazine rings is 1. The lowest BCUT2D eigenvalue weighted by Gasteiger charge is -2.44. The molecule has 4 atom stereocenters. The van der Waals surface area contributed by atoms with E-state index in [1.807, 2.05) is 12.3 Å². The molecular weight excluding hydrogens is 384 g/mol. The van der Waals surface area contributed by atoms with Crippen molar-refractivity contribution in [3.05, 3.63) is 35.0 Å². The maximum Gasteiger partial charge on any atom is 0.0752 e. The van der Waals surface area contributed by atoms with Crippen molar-refractivity contribution < 1.29 is 5.11 Å². The first kappa shape index (κ1) is 19.6. The largest absolute Gasteiger partial charge is 0.391 e. The van der Waals surface area contributed by atoms with E-state index in [2.05, 4.69) is 45.8 Å². The van der Waals surface area contributed by atoms with Gasteiger partial charge in [-0.2, -0.15) is 0 Å². The molecule has 2 aromatic rings.